The first kappa shape index (κ1) is 25.5. The third-order valence-corrected chi connectivity index (χ3v) is 8.97. The Kier molecular flexibility index (Phi) is 8.75. The van der Waals surface area contributed by atoms with Crippen LogP contribution in [0.5, 0.6) is 5.75 Å². The molecule has 1 N–H and O–H groups in total. The number of nitrogens with zero attached hydrogens (tertiary/aromatic N) is 2. The molecule has 1 atom stereocenters. The molecule has 1 heterocycles. The second-order valence-electron chi connectivity index (χ2n) is 8.12. The number of hydrogen-bond acceptors (Lipinski definition) is 7. The monoisotopic (exact) mass is 495 g/mol. The summed E-state index contributed by atoms with van der Waals surface area (Å²) in [7, 11) is -6.75. The van der Waals surface area contributed by atoms with Crippen molar-refractivity contribution < 1.29 is 21.6 Å². The number of piperazine rings is 1. The number of rotatable bonds is 11. The van der Waals surface area contributed by atoms with Crippen LogP contribution in [0.4, 0.5) is 5.69 Å². The van der Waals surface area contributed by atoms with E-state index in [-0.39, 0.29) is 29.0 Å². The van der Waals surface area contributed by atoms with E-state index in [1.807, 2.05) is 25.1 Å². The molecule has 0 saturated carbocycles. The van der Waals surface area contributed by atoms with E-state index in [9.17, 15) is 16.8 Å². The third kappa shape index (κ3) is 7.43. The molecule has 33 heavy (non-hydrogen) atoms. The van der Waals surface area contributed by atoms with Crippen LogP contribution in [-0.2, 0) is 19.9 Å². The summed E-state index contributed by atoms with van der Waals surface area (Å²) in [6, 6.07) is 16.4. The maximum absolute atomic E-state index is 12.7. The Morgan fingerprint density at radius 2 is 1.58 bits per heavy atom. The lowest BCUT2D eigenvalue weighted by molar-refractivity contribution is 0.198. The van der Waals surface area contributed by atoms with E-state index in [0.717, 1.165) is 26.2 Å². The molecule has 1 saturated heterocycles. The highest BCUT2D eigenvalue weighted by Gasteiger charge is 2.23. The molecular formula is C23H33N3O5S2. The van der Waals surface area contributed by atoms with Crippen LogP contribution in [0.3, 0.4) is 0 Å². The van der Waals surface area contributed by atoms with Gasteiger partial charge in [0.1, 0.15) is 12.4 Å². The van der Waals surface area contributed by atoms with E-state index >= 15 is 0 Å². The van der Waals surface area contributed by atoms with Crippen molar-refractivity contribution in [2.75, 3.05) is 55.7 Å². The molecule has 2 aromatic carbocycles. The fourth-order valence-electron chi connectivity index (χ4n) is 3.65. The summed E-state index contributed by atoms with van der Waals surface area (Å²) in [5, 5.41) is 0. The van der Waals surface area contributed by atoms with Crippen LogP contribution in [0.25, 0.3) is 0 Å². The summed E-state index contributed by atoms with van der Waals surface area (Å²) in [6.07, 6.45) is 0. The van der Waals surface area contributed by atoms with Crippen molar-refractivity contribution >= 4 is 25.5 Å². The Morgan fingerprint density at radius 1 is 0.939 bits per heavy atom. The minimum atomic E-state index is -3.65. The SMILES string of the molecule is CCS(=O)(=O)CCOc1ccc(S(=O)(=O)NCC(C)N2CCN(c3ccccc3)CC2)cc1. The van der Waals surface area contributed by atoms with Gasteiger partial charge in [0.05, 0.1) is 10.6 Å². The molecule has 0 bridgehead atoms. The zero-order valence-corrected chi connectivity index (χ0v) is 20.8. The Bertz CT molecular complexity index is 1080. The molecule has 1 aliphatic rings. The van der Waals surface area contributed by atoms with Crippen molar-refractivity contribution in [1.82, 2.24) is 9.62 Å². The first-order valence-corrected chi connectivity index (χ1v) is 14.5. The molecule has 0 radical (unpaired) electrons. The van der Waals surface area contributed by atoms with Crippen molar-refractivity contribution in [1.29, 1.82) is 0 Å². The Morgan fingerprint density at radius 3 is 2.18 bits per heavy atom. The summed E-state index contributed by atoms with van der Waals surface area (Å²) in [5.41, 5.74) is 1.21. The van der Waals surface area contributed by atoms with Crippen molar-refractivity contribution in [3.63, 3.8) is 0 Å². The molecule has 0 aromatic heterocycles. The minimum Gasteiger partial charge on any atom is -0.493 e. The van der Waals surface area contributed by atoms with Crippen LogP contribution < -0.4 is 14.4 Å². The van der Waals surface area contributed by atoms with E-state index < -0.39 is 19.9 Å². The second-order valence-corrected chi connectivity index (χ2v) is 12.4. The van der Waals surface area contributed by atoms with Gasteiger partial charge in [0.2, 0.25) is 10.0 Å². The summed E-state index contributed by atoms with van der Waals surface area (Å²) < 4.78 is 56.6. The van der Waals surface area contributed by atoms with Crippen LogP contribution in [0, 0.1) is 0 Å². The van der Waals surface area contributed by atoms with Crippen molar-refractivity contribution in [3.8, 4) is 5.75 Å². The quantitative estimate of drug-likeness (QED) is 0.509. The Labute approximate surface area is 197 Å². The van der Waals surface area contributed by atoms with Crippen molar-refractivity contribution in [2.45, 2.75) is 24.8 Å². The van der Waals surface area contributed by atoms with E-state index in [1.54, 1.807) is 19.1 Å². The molecule has 0 amide bonds. The lowest BCUT2D eigenvalue weighted by Crippen LogP contribution is -2.52. The van der Waals surface area contributed by atoms with E-state index in [4.69, 9.17) is 4.74 Å². The van der Waals surface area contributed by atoms with Crippen LogP contribution in [0.1, 0.15) is 13.8 Å². The number of ether oxygens (including phenoxy) is 1. The van der Waals surface area contributed by atoms with Gasteiger partial charge in [-0.2, -0.15) is 0 Å². The lowest BCUT2D eigenvalue weighted by atomic mass is 10.2. The highest BCUT2D eigenvalue weighted by Crippen LogP contribution is 2.18. The summed E-state index contributed by atoms with van der Waals surface area (Å²) >= 11 is 0. The Hall–Kier alpha value is -2.14. The molecule has 2 aromatic rings. The molecule has 3 rings (SSSR count). The summed E-state index contributed by atoms with van der Waals surface area (Å²) in [6.45, 7) is 7.53. The fraction of sp³-hybridized carbons (Fsp3) is 0.478. The molecule has 1 unspecified atom stereocenters. The summed E-state index contributed by atoms with van der Waals surface area (Å²) in [4.78, 5) is 4.79. The summed E-state index contributed by atoms with van der Waals surface area (Å²) in [5.74, 6) is 0.438. The smallest absolute Gasteiger partial charge is 0.240 e. The van der Waals surface area contributed by atoms with E-state index in [1.165, 1.54) is 17.8 Å². The van der Waals surface area contributed by atoms with Gasteiger partial charge in [-0.15, -0.1) is 0 Å². The molecule has 0 spiro atoms. The highest BCUT2D eigenvalue weighted by molar-refractivity contribution is 7.91. The Balaban J connectivity index is 1.46. The second kappa shape index (κ2) is 11.3. The van der Waals surface area contributed by atoms with Crippen LogP contribution in [0.15, 0.2) is 59.5 Å². The number of nitrogens with one attached hydrogen (secondary N) is 1. The predicted molar refractivity (Wildman–Crippen MR) is 131 cm³/mol. The van der Waals surface area contributed by atoms with Gasteiger partial charge in [0.25, 0.3) is 0 Å². The molecule has 10 heteroatoms. The molecule has 1 aliphatic heterocycles. The zero-order chi connectivity index (χ0) is 23.9. The van der Waals surface area contributed by atoms with Crippen molar-refractivity contribution in [3.05, 3.63) is 54.6 Å². The molecule has 0 aliphatic carbocycles. The lowest BCUT2D eigenvalue weighted by Gasteiger charge is -2.39. The average molecular weight is 496 g/mol. The fourth-order valence-corrected chi connectivity index (χ4v) is 5.40. The van der Waals surface area contributed by atoms with Crippen LogP contribution in [-0.4, -0.2) is 78.6 Å². The van der Waals surface area contributed by atoms with E-state index in [2.05, 4.69) is 26.7 Å². The molecular weight excluding hydrogens is 462 g/mol. The van der Waals surface area contributed by atoms with Gasteiger partial charge in [-0.1, -0.05) is 25.1 Å². The van der Waals surface area contributed by atoms with Gasteiger partial charge in [-0.25, -0.2) is 21.6 Å². The molecule has 182 valence electrons. The number of benzene rings is 2. The van der Waals surface area contributed by atoms with Gasteiger partial charge in [0.15, 0.2) is 9.84 Å². The van der Waals surface area contributed by atoms with Gasteiger partial charge in [-0.05, 0) is 43.3 Å². The minimum absolute atomic E-state index is 0.0373. The first-order valence-electron chi connectivity index (χ1n) is 11.2. The maximum Gasteiger partial charge on any atom is 0.240 e. The number of sulfonamides is 1. The van der Waals surface area contributed by atoms with Crippen LogP contribution in [0.2, 0.25) is 0 Å². The largest absolute Gasteiger partial charge is 0.493 e. The van der Waals surface area contributed by atoms with Crippen molar-refractivity contribution in [2.24, 2.45) is 0 Å². The first-order chi connectivity index (χ1) is 15.7. The number of sulfone groups is 1. The third-order valence-electron chi connectivity index (χ3n) is 5.86. The molecule has 1 fully saturated rings. The van der Waals surface area contributed by atoms with Gasteiger partial charge in [-0.3, -0.25) is 4.90 Å². The van der Waals surface area contributed by atoms with Gasteiger partial charge >= 0.3 is 0 Å². The topological polar surface area (TPSA) is 96.0 Å². The predicted octanol–water partition coefficient (Wildman–Crippen LogP) is 1.99. The average Bonchev–Trinajstić information content (AvgIpc) is 2.83. The normalized spacial score (nSPS) is 16.5. The number of hydrogen-bond donors (Lipinski definition) is 1. The van der Waals surface area contributed by atoms with Crippen LogP contribution >= 0.6 is 0 Å². The highest BCUT2D eigenvalue weighted by atomic mass is 32.2. The maximum atomic E-state index is 12.7. The number of anilines is 1. The standard InChI is InChI=1S/C23H33N3O5S2/c1-3-32(27,28)18-17-31-22-9-11-23(12-10-22)33(29,30)24-19-20(2)25-13-15-26(16-14-25)21-7-5-4-6-8-21/h4-12,20,24H,3,13-19H2,1-2H3. The van der Waals surface area contributed by atoms with Gasteiger partial charge in [0, 0.05) is 50.2 Å². The zero-order valence-electron chi connectivity index (χ0n) is 19.2. The van der Waals surface area contributed by atoms with E-state index in [0.29, 0.717) is 12.3 Å². The van der Waals surface area contributed by atoms with Gasteiger partial charge < -0.3 is 9.64 Å². The number of para-hydroxylation sites is 1. The molecule has 8 nitrogen and oxygen atoms in total.